The first-order valence-electron chi connectivity index (χ1n) is 5.54. The predicted octanol–water partition coefficient (Wildman–Crippen LogP) is 3.40. The zero-order valence-electron chi connectivity index (χ0n) is 10.4. The molecule has 3 nitrogen and oxygen atoms in total. The van der Waals surface area contributed by atoms with Gasteiger partial charge in [-0.3, -0.25) is 4.79 Å². The van der Waals surface area contributed by atoms with Crippen LogP contribution in [0, 0.1) is 12.8 Å². The van der Waals surface area contributed by atoms with E-state index < -0.39 is 11.9 Å². The van der Waals surface area contributed by atoms with Crippen LogP contribution in [0.15, 0.2) is 0 Å². The number of hydrogen-bond acceptors (Lipinski definition) is 3. The molecule has 0 amide bonds. The summed E-state index contributed by atoms with van der Waals surface area (Å²) in [7, 11) is 0. The Morgan fingerprint density at radius 2 is 1.88 bits per heavy atom. The molecule has 1 aromatic rings. The van der Waals surface area contributed by atoms with Crippen LogP contribution >= 0.6 is 11.3 Å². The Bertz CT molecular complexity index is 382. The van der Waals surface area contributed by atoms with E-state index in [0.717, 1.165) is 15.6 Å². The van der Waals surface area contributed by atoms with Crippen molar-refractivity contribution in [2.45, 2.75) is 46.5 Å². The first-order chi connectivity index (χ1) is 7.34. The SMILES string of the molecule is Cc1nc(C(C)C)sc1C(C(=O)O)C(C)C. The maximum absolute atomic E-state index is 11.3. The summed E-state index contributed by atoms with van der Waals surface area (Å²) in [6, 6.07) is 0. The molecule has 1 N–H and O–H groups in total. The molecule has 1 rings (SSSR count). The van der Waals surface area contributed by atoms with Crippen molar-refractivity contribution in [1.82, 2.24) is 4.98 Å². The summed E-state index contributed by atoms with van der Waals surface area (Å²) < 4.78 is 0. The van der Waals surface area contributed by atoms with Gasteiger partial charge >= 0.3 is 5.97 Å². The largest absolute Gasteiger partial charge is 0.481 e. The molecule has 0 bridgehead atoms. The van der Waals surface area contributed by atoms with Gasteiger partial charge in [0.25, 0.3) is 0 Å². The van der Waals surface area contributed by atoms with E-state index in [9.17, 15) is 9.90 Å². The zero-order valence-corrected chi connectivity index (χ0v) is 11.3. The number of thiazole rings is 1. The zero-order chi connectivity index (χ0) is 12.5. The number of hydrogen-bond donors (Lipinski definition) is 1. The van der Waals surface area contributed by atoms with E-state index >= 15 is 0 Å². The molecule has 1 atom stereocenters. The highest BCUT2D eigenvalue weighted by Crippen LogP contribution is 2.34. The first-order valence-corrected chi connectivity index (χ1v) is 6.36. The Labute approximate surface area is 101 Å². The number of rotatable bonds is 4. The predicted molar refractivity (Wildman–Crippen MR) is 66.2 cm³/mol. The molecule has 1 aromatic heterocycles. The molecule has 0 aliphatic carbocycles. The Morgan fingerprint density at radius 1 is 1.31 bits per heavy atom. The Balaban J connectivity index is 3.15. The van der Waals surface area contributed by atoms with E-state index in [2.05, 4.69) is 18.8 Å². The highest BCUT2D eigenvalue weighted by atomic mass is 32.1. The van der Waals surface area contributed by atoms with Crippen LogP contribution in [0.3, 0.4) is 0 Å². The van der Waals surface area contributed by atoms with Gasteiger partial charge in [0.05, 0.1) is 16.6 Å². The molecule has 0 fully saturated rings. The van der Waals surface area contributed by atoms with Crippen LogP contribution < -0.4 is 0 Å². The molecule has 1 heterocycles. The van der Waals surface area contributed by atoms with Crippen LogP contribution in [0.1, 0.15) is 55.1 Å². The summed E-state index contributed by atoms with van der Waals surface area (Å²) in [5.41, 5.74) is 0.870. The first kappa shape index (κ1) is 13.2. The van der Waals surface area contributed by atoms with Crippen LogP contribution in [-0.4, -0.2) is 16.1 Å². The van der Waals surface area contributed by atoms with E-state index in [0.29, 0.717) is 5.92 Å². The Morgan fingerprint density at radius 3 is 2.19 bits per heavy atom. The van der Waals surface area contributed by atoms with Crippen LogP contribution in [0.5, 0.6) is 0 Å². The Hall–Kier alpha value is -0.900. The standard InChI is InChI=1S/C12H19NO2S/c1-6(2)9(12(14)15)10-8(5)13-11(16-10)7(3)4/h6-7,9H,1-5H3,(H,14,15). The molecular formula is C12H19NO2S. The van der Waals surface area contributed by atoms with Crippen molar-refractivity contribution in [2.75, 3.05) is 0 Å². The molecule has 16 heavy (non-hydrogen) atoms. The molecule has 90 valence electrons. The van der Waals surface area contributed by atoms with Gasteiger partial charge in [-0.25, -0.2) is 4.98 Å². The maximum atomic E-state index is 11.3. The second-order valence-electron chi connectivity index (χ2n) is 4.72. The van der Waals surface area contributed by atoms with Gasteiger partial charge in [0.15, 0.2) is 0 Å². The molecule has 0 spiro atoms. The fourth-order valence-corrected chi connectivity index (χ4v) is 3.00. The molecule has 4 heteroatoms. The third-order valence-corrected chi connectivity index (χ3v) is 4.10. The second kappa shape index (κ2) is 4.95. The molecule has 1 unspecified atom stereocenters. The monoisotopic (exact) mass is 241 g/mol. The van der Waals surface area contributed by atoms with Gasteiger partial charge in [-0.15, -0.1) is 11.3 Å². The second-order valence-corrected chi connectivity index (χ2v) is 5.78. The normalized spacial score (nSPS) is 13.4. The van der Waals surface area contributed by atoms with Crippen molar-refractivity contribution < 1.29 is 9.90 Å². The van der Waals surface area contributed by atoms with Crippen molar-refractivity contribution in [2.24, 2.45) is 5.92 Å². The molecule has 0 radical (unpaired) electrons. The van der Waals surface area contributed by atoms with Crippen LogP contribution in [-0.2, 0) is 4.79 Å². The summed E-state index contributed by atoms with van der Waals surface area (Å²) in [6.07, 6.45) is 0. The molecule has 0 aromatic carbocycles. The lowest BCUT2D eigenvalue weighted by atomic mass is 9.93. The van der Waals surface area contributed by atoms with Gasteiger partial charge in [0.2, 0.25) is 0 Å². The average Bonchev–Trinajstić information content (AvgIpc) is 2.47. The number of aliphatic carboxylic acids is 1. The summed E-state index contributed by atoms with van der Waals surface area (Å²) in [6.45, 7) is 9.93. The van der Waals surface area contributed by atoms with E-state index in [1.807, 2.05) is 20.8 Å². The van der Waals surface area contributed by atoms with E-state index in [4.69, 9.17) is 0 Å². The number of carboxylic acid groups (broad SMARTS) is 1. The lowest BCUT2D eigenvalue weighted by Gasteiger charge is -2.14. The fraction of sp³-hybridized carbons (Fsp3) is 0.667. The fourth-order valence-electron chi connectivity index (χ4n) is 1.67. The molecule has 0 aliphatic heterocycles. The van der Waals surface area contributed by atoms with Gasteiger partial charge in [-0.1, -0.05) is 27.7 Å². The van der Waals surface area contributed by atoms with Crippen LogP contribution in [0.25, 0.3) is 0 Å². The van der Waals surface area contributed by atoms with Crippen LogP contribution in [0.4, 0.5) is 0 Å². The highest BCUT2D eigenvalue weighted by Gasteiger charge is 2.28. The van der Waals surface area contributed by atoms with Gasteiger partial charge in [-0.05, 0) is 12.8 Å². The summed E-state index contributed by atoms with van der Waals surface area (Å²) in [5, 5.41) is 10.3. The van der Waals surface area contributed by atoms with Gasteiger partial charge < -0.3 is 5.11 Å². The minimum atomic E-state index is -0.753. The van der Waals surface area contributed by atoms with Gasteiger partial charge in [0.1, 0.15) is 0 Å². The van der Waals surface area contributed by atoms with E-state index in [-0.39, 0.29) is 5.92 Å². The topological polar surface area (TPSA) is 50.2 Å². The van der Waals surface area contributed by atoms with E-state index in [1.54, 1.807) is 11.3 Å². The lowest BCUT2D eigenvalue weighted by Crippen LogP contribution is -2.17. The van der Waals surface area contributed by atoms with Crippen molar-refractivity contribution in [1.29, 1.82) is 0 Å². The highest BCUT2D eigenvalue weighted by molar-refractivity contribution is 7.12. The van der Waals surface area contributed by atoms with Crippen LogP contribution in [0.2, 0.25) is 0 Å². The van der Waals surface area contributed by atoms with Gasteiger partial charge in [-0.2, -0.15) is 0 Å². The molecular weight excluding hydrogens is 222 g/mol. The number of aryl methyl sites for hydroxylation is 1. The quantitative estimate of drug-likeness (QED) is 0.879. The molecule has 0 saturated carbocycles. The molecule has 0 saturated heterocycles. The number of carbonyl (C=O) groups is 1. The third-order valence-electron chi connectivity index (χ3n) is 2.56. The summed E-state index contributed by atoms with van der Waals surface area (Å²) in [5.74, 6) is -0.724. The minimum Gasteiger partial charge on any atom is -0.481 e. The lowest BCUT2D eigenvalue weighted by molar-refractivity contribution is -0.139. The van der Waals surface area contributed by atoms with Crippen molar-refractivity contribution in [3.05, 3.63) is 15.6 Å². The van der Waals surface area contributed by atoms with E-state index in [1.165, 1.54) is 0 Å². The van der Waals surface area contributed by atoms with Gasteiger partial charge in [0, 0.05) is 10.8 Å². The smallest absolute Gasteiger partial charge is 0.312 e. The third kappa shape index (κ3) is 2.61. The van der Waals surface area contributed by atoms with Crippen molar-refractivity contribution in [3.8, 4) is 0 Å². The minimum absolute atomic E-state index is 0.0941. The van der Waals surface area contributed by atoms with Crippen molar-refractivity contribution >= 4 is 17.3 Å². The summed E-state index contributed by atoms with van der Waals surface area (Å²) in [4.78, 5) is 16.6. The number of carboxylic acids is 1. The Kier molecular flexibility index (Phi) is 4.08. The molecule has 0 aliphatic rings. The number of nitrogens with zero attached hydrogens (tertiary/aromatic N) is 1. The average molecular weight is 241 g/mol. The van der Waals surface area contributed by atoms with Crippen molar-refractivity contribution in [3.63, 3.8) is 0 Å². The number of aromatic nitrogens is 1. The maximum Gasteiger partial charge on any atom is 0.312 e. The summed E-state index contributed by atoms with van der Waals surface area (Å²) >= 11 is 1.54.